The van der Waals surface area contributed by atoms with Gasteiger partial charge in [0.25, 0.3) is 0 Å². The van der Waals surface area contributed by atoms with Crippen LogP contribution in [-0.2, 0) is 0 Å². The van der Waals surface area contributed by atoms with Gasteiger partial charge in [-0.2, -0.15) is 0 Å². The molecule has 2 rings (SSSR count). The summed E-state index contributed by atoms with van der Waals surface area (Å²) in [6.45, 7) is 3.93. The Morgan fingerprint density at radius 3 is 1.38 bits per heavy atom. The van der Waals surface area contributed by atoms with Gasteiger partial charge in [-0.05, 0) is 25.7 Å². The summed E-state index contributed by atoms with van der Waals surface area (Å²) in [5.74, 6) is 0. The van der Waals surface area contributed by atoms with Crippen LogP contribution in [0, 0.1) is 0 Å². The van der Waals surface area contributed by atoms with E-state index in [-0.39, 0.29) is 23.4 Å². The maximum absolute atomic E-state index is 11.7. The van der Waals surface area contributed by atoms with Crippen molar-refractivity contribution >= 4 is 23.4 Å². The highest BCUT2D eigenvalue weighted by Gasteiger charge is 2.25. The fourth-order valence-electron chi connectivity index (χ4n) is 2.02. The van der Waals surface area contributed by atoms with Crippen LogP contribution in [0.5, 0.6) is 0 Å². The normalized spacial score (nSPS) is 21.8. The second-order valence-electron chi connectivity index (χ2n) is 3.67. The molecule has 0 aromatic heterocycles. The van der Waals surface area contributed by atoms with Crippen LogP contribution in [-0.4, -0.2) is 59.4 Å². The molecule has 0 atom stereocenters. The van der Waals surface area contributed by atoms with E-state index in [1.807, 2.05) is 9.80 Å². The Morgan fingerprint density at radius 2 is 1.08 bits per heavy atom. The molecule has 0 spiro atoms. The Hall–Kier alpha value is -0.198. The van der Waals surface area contributed by atoms with Gasteiger partial charge in [0.1, 0.15) is 0 Å². The van der Waals surface area contributed by atoms with Gasteiger partial charge in [0.15, 0.2) is 17.4 Å². The smallest absolute Gasteiger partial charge is 0.319 e. The van der Waals surface area contributed by atoms with E-state index in [1.165, 1.54) is 25.7 Å². The van der Waals surface area contributed by atoms with Gasteiger partial charge in [-0.3, -0.25) is 0 Å². The molecule has 0 aromatic rings. The van der Waals surface area contributed by atoms with E-state index >= 15 is 0 Å². The molecule has 0 bridgehead atoms. The predicted molar refractivity (Wildman–Crippen MR) is 56.9 cm³/mol. The summed E-state index contributed by atoms with van der Waals surface area (Å²) in [5.41, 5.74) is 0. The van der Waals surface area contributed by atoms with E-state index in [2.05, 4.69) is 0 Å². The highest BCUT2D eigenvalue weighted by atomic mass is 27.0. The van der Waals surface area contributed by atoms with E-state index < -0.39 is 0 Å². The molecule has 0 aromatic carbocycles. The summed E-state index contributed by atoms with van der Waals surface area (Å²) in [4.78, 5) is 15.7. The van der Waals surface area contributed by atoms with Gasteiger partial charge in [-0.15, -0.1) is 0 Å². The van der Waals surface area contributed by atoms with Crippen molar-refractivity contribution in [2.24, 2.45) is 0 Å². The highest BCUT2D eigenvalue weighted by molar-refractivity contribution is 5.75. The first-order valence-corrected chi connectivity index (χ1v) is 4.92. The Bertz CT molecular complexity index is 156. The van der Waals surface area contributed by atoms with Crippen molar-refractivity contribution in [2.75, 3.05) is 26.2 Å². The first kappa shape index (κ1) is 10.9. The molecule has 2 aliphatic heterocycles. The number of hydrogen-bond acceptors (Lipinski definition) is 1. The van der Waals surface area contributed by atoms with Gasteiger partial charge in [0.2, 0.25) is 0 Å². The third kappa shape index (κ3) is 2.39. The molecule has 0 saturated carbocycles. The third-order valence-electron chi connectivity index (χ3n) is 2.75. The quantitative estimate of drug-likeness (QED) is 0.507. The summed E-state index contributed by atoms with van der Waals surface area (Å²) < 4.78 is 0. The Kier molecular flexibility index (Phi) is 4.08. The van der Waals surface area contributed by atoms with Crippen molar-refractivity contribution in [3.63, 3.8) is 0 Å². The summed E-state index contributed by atoms with van der Waals surface area (Å²) in [6.07, 6.45) is 4.78. The van der Waals surface area contributed by atoms with E-state index in [4.69, 9.17) is 0 Å². The van der Waals surface area contributed by atoms with Gasteiger partial charge in [0, 0.05) is 26.2 Å². The molecular weight excluding hydrogens is 179 g/mol. The predicted octanol–water partition coefficient (Wildman–Crippen LogP) is 0.114. The first-order valence-electron chi connectivity index (χ1n) is 4.92. The lowest BCUT2D eigenvalue weighted by atomic mass is 10.4. The number of likely N-dealkylation sites (tertiary alicyclic amines) is 2. The summed E-state index contributed by atoms with van der Waals surface area (Å²) in [5, 5.41) is 0. The number of amides is 2. The van der Waals surface area contributed by atoms with Crippen molar-refractivity contribution in [2.45, 2.75) is 25.7 Å². The number of rotatable bonds is 0. The van der Waals surface area contributed by atoms with Gasteiger partial charge >= 0.3 is 6.03 Å². The summed E-state index contributed by atoms with van der Waals surface area (Å²) in [6, 6.07) is 0.282. The lowest BCUT2D eigenvalue weighted by molar-refractivity contribution is 0.173. The molecule has 0 unspecified atom stereocenters. The zero-order chi connectivity index (χ0) is 8.39. The maximum atomic E-state index is 11.7. The fourth-order valence-corrected chi connectivity index (χ4v) is 2.02. The zero-order valence-corrected chi connectivity index (χ0v) is 7.46. The van der Waals surface area contributed by atoms with Crippen LogP contribution in [0.3, 0.4) is 0 Å². The zero-order valence-electron chi connectivity index (χ0n) is 7.46. The van der Waals surface area contributed by atoms with Gasteiger partial charge in [-0.1, -0.05) is 0 Å². The number of nitrogens with zero attached hydrogens (tertiary/aromatic N) is 2. The molecular formula is C9H19AlN2O. The van der Waals surface area contributed by atoms with Crippen molar-refractivity contribution in [1.82, 2.24) is 9.80 Å². The minimum Gasteiger partial charge on any atom is -0.325 e. The SMILES string of the molecule is O=C(N1CCCC1)N1CCCC1.[AlH3]. The van der Waals surface area contributed by atoms with E-state index in [0.29, 0.717) is 0 Å². The number of hydrogen-bond donors (Lipinski definition) is 0. The second-order valence-corrected chi connectivity index (χ2v) is 3.67. The summed E-state index contributed by atoms with van der Waals surface area (Å²) in [7, 11) is 0. The Balaban J connectivity index is 0.000000845. The lowest BCUT2D eigenvalue weighted by Crippen LogP contribution is -2.39. The minimum atomic E-state index is 0. The van der Waals surface area contributed by atoms with Crippen molar-refractivity contribution in [1.29, 1.82) is 0 Å². The molecule has 2 heterocycles. The fraction of sp³-hybridized carbons (Fsp3) is 0.889. The third-order valence-corrected chi connectivity index (χ3v) is 2.75. The molecule has 4 heteroatoms. The summed E-state index contributed by atoms with van der Waals surface area (Å²) >= 11 is 0. The molecule has 13 heavy (non-hydrogen) atoms. The van der Waals surface area contributed by atoms with Crippen molar-refractivity contribution < 1.29 is 4.79 Å². The highest BCUT2D eigenvalue weighted by Crippen LogP contribution is 2.14. The number of carbonyl (C=O) groups is 1. The number of carbonyl (C=O) groups excluding carboxylic acids is 1. The lowest BCUT2D eigenvalue weighted by Gasteiger charge is -2.23. The van der Waals surface area contributed by atoms with Gasteiger partial charge in [0.05, 0.1) is 0 Å². The maximum Gasteiger partial charge on any atom is 0.319 e. The molecule has 0 N–H and O–H groups in total. The van der Waals surface area contributed by atoms with Gasteiger partial charge in [-0.25, -0.2) is 4.79 Å². The minimum absolute atomic E-state index is 0. The topological polar surface area (TPSA) is 23.6 Å². The average molecular weight is 198 g/mol. The molecule has 3 nitrogen and oxygen atoms in total. The van der Waals surface area contributed by atoms with E-state index in [9.17, 15) is 4.79 Å². The largest absolute Gasteiger partial charge is 0.325 e. The van der Waals surface area contributed by atoms with Crippen LogP contribution in [0.4, 0.5) is 4.79 Å². The van der Waals surface area contributed by atoms with Crippen LogP contribution >= 0.6 is 0 Å². The Morgan fingerprint density at radius 1 is 0.769 bits per heavy atom. The van der Waals surface area contributed by atoms with Crippen LogP contribution in [0.15, 0.2) is 0 Å². The van der Waals surface area contributed by atoms with Crippen molar-refractivity contribution in [3.05, 3.63) is 0 Å². The van der Waals surface area contributed by atoms with Crippen molar-refractivity contribution in [3.8, 4) is 0 Å². The second kappa shape index (κ2) is 4.88. The molecule has 74 valence electrons. The molecule has 0 radical (unpaired) electrons. The molecule has 2 fully saturated rings. The first-order chi connectivity index (χ1) is 5.88. The molecule has 2 saturated heterocycles. The van der Waals surface area contributed by atoms with Crippen LogP contribution in [0.25, 0.3) is 0 Å². The van der Waals surface area contributed by atoms with Gasteiger partial charge < -0.3 is 9.80 Å². The molecule has 0 aliphatic carbocycles. The molecule has 2 amide bonds. The monoisotopic (exact) mass is 198 g/mol. The van der Waals surface area contributed by atoms with E-state index in [0.717, 1.165) is 26.2 Å². The number of urea groups is 1. The standard InChI is InChI=1S/C9H16N2O.Al.3H/c12-9(10-5-1-2-6-10)11-7-3-4-8-11;;;;/h1-8H2;;;;. The Labute approximate surface area is 90.2 Å². The van der Waals surface area contributed by atoms with Crippen LogP contribution in [0.1, 0.15) is 25.7 Å². The molecule has 2 aliphatic rings. The van der Waals surface area contributed by atoms with E-state index in [1.54, 1.807) is 0 Å². The van der Waals surface area contributed by atoms with Crippen LogP contribution < -0.4 is 0 Å². The average Bonchev–Trinajstić information content (AvgIpc) is 2.77. The van der Waals surface area contributed by atoms with Crippen LogP contribution in [0.2, 0.25) is 0 Å².